The van der Waals surface area contributed by atoms with Crippen LogP contribution in [-0.2, 0) is 10.2 Å². The summed E-state index contributed by atoms with van der Waals surface area (Å²) >= 11 is 1.98. The summed E-state index contributed by atoms with van der Waals surface area (Å²) in [4.78, 5) is 13.8. The van der Waals surface area contributed by atoms with E-state index in [1.807, 2.05) is 11.8 Å². The number of amides is 1. The van der Waals surface area contributed by atoms with Crippen LogP contribution >= 0.6 is 11.8 Å². The van der Waals surface area contributed by atoms with Crippen LogP contribution in [0.2, 0.25) is 0 Å². The molecule has 0 heterocycles. The molecule has 0 aliphatic heterocycles. The minimum atomic E-state index is -0.162. The maximum atomic E-state index is 13.8. The summed E-state index contributed by atoms with van der Waals surface area (Å²) in [5.41, 5.74) is 7.94. The highest BCUT2D eigenvalue weighted by Gasteiger charge is 2.65. The van der Waals surface area contributed by atoms with E-state index in [-0.39, 0.29) is 10.8 Å². The second-order valence-electron chi connectivity index (χ2n) is 11.0. The minimum Gasteiger partial charge on any atom is -0.353 e. The summed E-state index contributed by atoms with van der Waals surface area (Å²) in [6.07, 6.45) is 13.6. The predicted molar refractivity (Wildman–Crippen MR) is 121 cm³/mol. The van der Waals surface area contributed by atoms with Gasteiger partial charge in [0.15, 0.2) is 0 Å². The summed E-state index contributed by atoms with van der Waals surface area (Å²) < 4.78 is 0. The fourth-order valence-electron chi connectivity index (χ4n) is 8.07. The maximum absolute atomic E-state index is 13.8. The molecule has 4 heteroatoms. The van der Waals surface area contributed by atoms with Crippen LogP contribution in [0.4, 0.5) is 0 Å². The van der Waals surface area contributed by atoms with E-state index >= 15 is 0 Å². The Bertz CT molecular complexity index is 761. The number of nitrogens with two attached hydrogens (primary N) is 1. The molecule has 1 amide bonds. The number of nitrogens with one attached hydrogen (secondary N) is 1. The van der Waals surface area contributed by atoms with Gasteiger partial charge in [0, 0.05) is 12.1 Å². The van der Waals surface area contributed by atoms with Gasteiger partial charge >= 0.3 is 0 Å². The minimum absolute atomic E-state index is 0.162. The quantitative estimate of drug-likeness (QED) is 0.740. The van der Waals surface area contributed by atoms with Gasteiger partial charge < -0.3 is 11.1 Å². The third kappa shape index (κ3) is 3.44. The smallest absolute Gasteiger partial charge is 0.226 e. The topological polar surface area (TPSA) is 55.1 Å². The van der Waals surface area contributed by atoms with Crippen molar-refractivity contribution in [3.63, 3.8) is 0 Å². The molecule has 29 heavy (non-hydrogen) atoms. The van der Waals surface area contributed by atoms with Gasteiger partial charge in [-0.3, -0.25) is 4.79 Å². The average Bonchev–Trinajstić information content (AvgIpc) is 2.69. The highest BCUT2D eigenvalue weighted by molar-refractivity contribution is 7.98. The zero-order chi connectivity index (χ0) is 20.1. The van der Waals surface area contributed by atoms with E-state index in [4.69, 9.17) is 5.73 Å². The summed E-state index contributed by atoms with van der Waals surface area (Å²) in [6, 6.07) is 11.8. The van der Waals surface area contributed by atoms with Gasteiger partial charge in [-0.15, -0.1) is 0 Å². The number of benzene rings is 1. The molecule has 0 aromatic heterocycles. The average molecular weight is 413 g/mol. The Labute approximate surface area is 180 Å². The number of rotatable bonds is 5. The lowest BCUT2D eigenvalue weighted by Crippen LogP contribution is -2.64. The Morgan fingerprint density at radius 2 is 1.83 bits per heavy atom. The van der Waals surface area contributed by atoms with E-state index in [0.717, 1.165) is 44.9 Å². The van der Waals surface area contributed by atoms with Crippen LogP contribution in [0.1, 0.15) is 69.8 Å². The first-order valence-electron chi connectivity index (χ1n) is 11.6. The fourth-order valence-corrected chi connectivity index (χ4v) is 9.01. The monoisotopic (exact) mass is 412 g/mol. The van der Waals surface area contributed by atoms with Crippen molar-refractivity contribution in [2.75, 3.05) is 12.0 Å². The molecule has 3 N–H and O–H groups in total. The molecule has 5 saturated carbocycles. The van der Waals surface area contributed by atoms with Crippen LogP contribution in [0.5, 0.6) is 0 Å². The zero-order valence-electron chi connectivity index (χ0n) is 17.8. The van der Waals surface area contributed by atoms with Gasteiger partial charge in [0.1, 0.15) is 0 Å². The lowest BCUT2D eigenvalue weighted by Gasteiger charge is -2.66. The Morgan fingerprint density at radius 1 is 1.07 bits per heavy atom. The molecule has 4 bridgehead atoms. The van der Waals surface area contributed by atoms with Gasteiger partial charge in [-0.25, -0.2) is 0 Å². The van der Waals surface area contributed by atoms with Crippen LogP contribution in [0, 0.1) is 16.7 Å². The fraction of sp³-hybridized carbons (Fsp3) is 0.720. The molecule has 4 atom stereocenters. The van der Waals surface area contributed by atoms with E-state index in [1.165, 1.54) is 30.6 Å². The van der Waals surface area contributed by atoms with Crippen molar-refractivity contribution in [1.82, 2.24) is 5.32 Å². The number of carbonyl (C=O) groups excluding carboxylic acids is 1. The van der Waals surface area contributed by atoms with E-state index < -0.39 is 0 Å². The summed E-state index contributed by atoms with van der Waals surface area (Å²) in [5.74, 6) is 2.27. The first kappa shape index (κ1) is 19.9. The Morgan fingerprint density at radius 3 is 2.55 bits per heavy atom. The summed E-state index contributed by atoms with van der Waals surface area (Å²) in [7, 11) is 0. The molecule has 158 valence electrons. The molecule has 1 aromatic rings. The Hall–Kier alpha value is -1.00. The third-order valence-corrected chi connectivity index (χ3v) is 9.51. The van der Waals surface area contributed by atoms with Crippen molar-refractivity contribution >= 4 is 17.7 Å². The third-order valence-electron chi connectivity index (χ3n) is 8.61. The molecular weight excluding hydrogens is 376 g/mol. The van der Waals surface area contributed by atoms with Gasteiger partial charge in [-0.05, 0) is 98.5 Å². The molecule has 5 fully saturated rings. The second-order valence-corrected chi connectivity index (χ2v) is 11.8. The van der Waals surface area contributed by atoms with E-state index in [0.29, 0.717) is 29.3 Å². The van der Waals surface area contributed by atoms with Crippen LogP contribution in [-0.4, -0.2) is 30.0 Å². The van der Waals surface area contributed by atoms with Crippen LogP contribution in [0.15, 0.2) is 30.3 Å². The van der Waals surface area contributed by atoms with Crippen molar-refractivity contribution in [2.24, 2.45) is 22.5 Å². The molecule has 0 radical (unpaired) electrons. The number of hydrogen-bond acceptors (Lipinski definition) is 3. The molecule has 3 nitrogen and oxygen atoms in total. The van der Waals surface area contributed by atoms with E-state index in [9.17, 15) is 4.79 Å². The molecule has 1 aromatic carbocycles. The van der Waals surface area contributed by atoms with E-state index in [1.54, 1.807) is 0 Å². The lowest BCUT2D eigenvalue weighted by molar-refractivity contribution is -0.160. The maximum Gasteiger partial charge on any atom is 0.226 e. The second kappa shape index (κ2) is 7.30. The predicted octanol–water partition coefficient (Wildman–Crippen LogP) is 4.64. The Balaban J connectivity index is 1.46. The number of thioether (sulfide) groups is 1. The van der Waals surface area contributed by atoms with E-state index in [2.05, 4.69) is 41.9 Å². The van der Waals surface area contributed by atoms with Crippen molar-refractivity contribution in [3.8, 4) is 0 Å². The lowest BCUT2D eigenvalue weighted by atomic mass is 9.38. The van der Waals surface area contributed by atoms with Gasteiger partial charge in [0.25, 0.3) is 0 Å². The number of carbonyl (C=O) groups is 1. The summed E-state index contributed by atoms with van der Waals surface area (Å²) in [6.45, 7) is 0. The first-order valence-corrected chi connectivity index (χ1v) is 13.0. The molecule has 5 aliphatic carbocycles. The number of hydrogen-bond donors (Lipinski definition) is 2. The Kier molecular flexibility index (Phi) is 5.02. The zero-order valence-corrected chi connectivity index (χ0v) is 18.6. The molecule has 4 unspecified atom stereocenters. The SMILES string of the molecule is CSCC12CC3CC(C(=O)NC4CCC(N)CC4)(C1)CC(c1ccccc1)(C3)C2. The molecule has 0 saturated heterocycles. The van der Waals surface area contributed by atoms with Gasteiger partial charge in [-0.1, -0.05) is 30.3 Å². The highest BCUT2D eigenvalue weighted by atomic mass is 32.2. The van der Waals surface area contributed by atoms with Crippen LogP contribution < -0.4 is 11.1 Å². The normalized spacial score (nSPS) is 43.3. The molecule has 6 rings (SSSR count). The highest BCUT2D eigenvalue weighted by Crippen LogP contribution is 2.70. The van der Waals surface area contributed by atoms with Crippen molar-refractivity contribution in [2.45, 2.75) is 81.7 Å². The standard InChI is InChI=1S/C25H36N2OS/c1-29-17-23-11-18-12-24(14-23,19-5-3-2-4-6-19)16-25(13-18,15-23)22(28)27-21-9-7-20(26)8-10-21/h2-6,18,20-21H,7-17,26H2,1H3,(H,27,28). The molecule has 5 aliphatic rings. The van der Waals surface area contributed by atoms with Gasteiger partial charge in [0.2, 0.25) is 5.91 Å². The first-order chi connectivity index (χ1) is 14.0. The molecular formula is C25H36N2OS. The van der Waals surface area contributed by atoms with Gasteiger partial charge in [-0.2, -0.15) is 11.8 Å². The van der Waals surface area contributed by atoms with Gasteiger partial charge in [0.05, 0.1) is 5.41 Å². The summed E-state index contributed by atoms with van der Waals surface area (Å²) in [5, 5.41) is 3.52. The largest absolute Gasteiger partial charge is 0.353 e. The van der Waals surface area contributed by atoms with Crippen LogP contribution in [0.25, 0.3) is 0 Å². The van der Waals surface area contributed by atoms with Crippen molar-refractivity contribution in [1.29, 1.82) is 0 Å². The van der Waals surface area contributed by atoms with Crippen molar-refractivity contribution < 1.29 is 4.79 Å². The van der Waals surface area contributed by atoms with Crippen molar-refractivity contribution in [3.05, 3.63) is 35.9 Å². The van der Waals surface area contributed by atoms with Crippen LogP contribution in [0.3, 0.4) is 0 Å². The molecule has 0 spiro atoms.